The van der Waals surface area contributed by atoms with E-state index >= 15 is 0 Å². The molecule has 0 fully saturated rings. The molecular weight excluding hydrogens is 464 g/mol. The Labute approximate surface area is 209 Å². The first kappa shape index (κ1) is 24.8. The summed E-state index contributed by atoms with van der Waals surface area (Å²) < 4.78 is 16.0. The average Bonchev–Trinajstić information content (AvgIpc) is 3.51. The lowest BCUT2D eigenvalue weighted by Crippen LogP contribution is -2.43. The fourth-order valence-corrected chi connectivity index (χ4v) is 4.83. The van der Waals surface area contributed by atoms with Gasteiger partial charge in [0.15, 0.2) is 11.5 Å². The monoisotopic (exact) mass is 494 g/mol. The van der Waals surface area contributed by atoms with Crippen LogP contribution < -0.4 is 9.47 Å². The molecule has 2 heterocycles. The lowest BCUT2D eigenvalue weighted by molar-refractivity contribution is -0.133. The number of fused-ring (bicyclic) bond motifs is 1. The Morgan fingerprint density at radius 3 is 2.51 bits per heavy atom. The van der Waals surface area contributed by atoms with Crippen molar-refractivity contribution in [3.63, 3.8) is 0 Å². The summed E-state index contributed by atoms with van der Waals surface area (Å²) in [6, 6.07) is 19.1. The molecule has 0 saturated carbocycles. The van der Waals surface area contributed by atoms with E-state index in [4.69, 9.17) is 14.2 Å². The van der Waals surface area contributed by atoms with Gasteiger partial charge in [0.2, 0.25) is 12.7 Å². The van der Waals surface area contributed by atoms with Crippen LogP contribution in [0.15, 0.2) is 60.7 Å². The van der Waals surface area contributed by atoms with Gasteiger partial charge in [-0.05, 0) is 49.2 Å². The molecule has 4 rings (SSSR count). The van der Waals surface area contributed by atoms with Crippen LogP contribution in [0.4, 0.5) is 0 Å². The summed E-state index contributed by atoms with van der Waals surface area (Å²) in [5, 5.41) is 0. The molecule has 7 nitrogen and oxygen atoms in total. The van der Waals surface area contributed by atoms with Crippen molar-refractivity contribution in [2.75, 3.05) is 33.6 Å². The van der Waals surface area contributed by atoms with Gasteiger partial charge >= 0.3 is 0 Å². The molecule has 35 heavy (non-hydrogen) atoms. The van der Waals surface area contributed by atoms with E-state index in [0.717, 1.165) is 10.4 Å². The van der Waals surface area contributed by atoms with Crippen LogP contribution in [0.5, 0.6) is 11.5 Å². The summed E-state index contributed by atoms with van der Waals surface area (Å²) in [5.41, 5.74) is 1.50. The van der Waals surface area contributed by atoms with E-state index in [-0.39, 0.29) is 25.2 Å². The first-order valence-corrected chi connectivity index (χ1v) is 12.4. The average molecular weight is 495 g/mol. The Morgan fingerprint density at radius 1 is 0.971 bits per heavy atom. The molecule has 3 aromatic rings. The van der Waals surface area contributed by atoms with E-state index in [9.17, 15) is 9.59 Å². The number of hydrogen-bond acceptors (Lipinski definition) is 6. The van der Waals surface area contributed by atoms with Crippen molar-refractivity contribution in [2.45, 2.75) is 26.4 Å². The van der Waals surface area contributed by atoms with Crippen molar-refractivity contribution in [1.82, 2.24) is 9.80 Å². The Bertz CT molecular complexity index is 1150. The molecule has 184 valence electrons. The molecule has 8 heteroatoms. The summed E-state index contributed by atoms with van der Waals surface area (Å²) in [7, 11) is 1.62. The quantitative estimate of drug-likeness (QED) is 0.368. The fraction of sp³-hybridized carbons (Fsp3) is 0.333. The maximum absolute atomic E-state index is 13.6. The summed E-state index contributed by atoms with van der Waals surface area (Å²) in [6.45, 7) is 4.05. The van der Waals surface area contributed by atoms with Crippen molar-refractivity contribution in [1.29, 1.82) is 0 Å². The Morgan fingerprint density at radius 2 is 1.77 bits per heavy atom. The fourth-order valence-electron chi connectivity index (χ4n) is 3.92. The molecule has 0 spiro atoms. The first-order valence-electron chi connectivity index (χ1n) is 11.6. The van der Waals surface area contributed by atoms with Gasteiger partial charge in [0.25, 0.3) is 5.91 Å². The van der Waals surface area contributed by atoms with Gasteiger partial charge in [-0.1, -0.05) is 30.3 Å². The van der Waals surface area contributed by atoms with Crippen LogP contribution in [0.2, 0.25) is 0 Å². The minimum absolute atomic E-state index is 0.0197. The van der Waals surface area contributed by atoms with Crippen molar-refractivity contribution in [3.05, 3.63) is 81.5 Å². The maximum atomic E-state index is 13.6. The number of aryl methyl sites for hydroxylation is 1. The van der Waals surface area contributed by atoms with Gasteiger partial charge in [-0.15, -0.1) is 11.3 Å². The van der Waals surface area contributed by atoms with Crippen LogP contribution >= 0.6 is 11.3 Å². The first-order chi connectivity index (χ1) is 17.0. The van der Waals surface area contributed by atoms with Crippen LogP contribution in [-0.4, -0.2) is 55.2 Å². The predicted molar refractivity (Wildman–Crippen MR) is 135 cm³/mol. The summed E-state index contributed by atoms with van der Waals surface area (Å²) in [4.78, 5) is 32.7. The number of thiophene rings is 1. The van der Waals surface area contributed by atoms with Gasteiger partial charge in [-0.25, -0.2) is 0 Å². The molecule has 0 bridgehead atoms. The van der Waals surface area contributed by atoms with Crippen LogP contribution in [0.25, 0.3) is 0 Å². The SMILES string of the molecule is COCCCN(CC(=O)N(Cc1ccccc1)Cc1ccc(C)s1)C(=O)c1ccc2c(c1)OCO2. The standard InChI is InChI=1S/C27H30N2O5S/c1-20-9-11-23(35-20)17-29(16-21-7-4-3-5-8-21)26(30)18-28(13-6-14-32-2)27(31)22-10-12-24-25(15-22)34-19-33-24/h3-5,7-12,15H,6,13-14,16-19H2,1-2H3. The van der Waals surface area contributed by atoms with Gasteiger partial charge in [0, 0.05) is 42.1 Å². The highest BCUT2D eigenvalue weighted by Gasteiger charge is 2.25. The van der Waals surface area contributed by atoms with Crippen molar-refractivity contribution in [3.8, 4) is 11.5 Å². The Balaban J connectivity index is 1.53. The van der Waals surface area contributed by atoms with E-state index in [1.54, 1.807) is 41.5 Å². The minimum Gasteiger partial charge on any atom is -0.454 e. The zero-order valence-corrected chi connectivity index (χ0v) is 20.9. The van der Waals surface area contributed by atoms with E-state index in [1.165, 1.54) is 4.88 Å². The highest BCUT2D eigenvalue weighted by Crippen LogP contribution is 2.33. The highest BCUT2D eigenvalue weighted by molar-refractivity contribution is 7.11. The molecule has 0 aliphatic carbocycles. The normalized spacial score (nSPS) is 11.9. The van der Waals surface area contributed by atoms with Crippen LogP contribution in [0.3, 0.4) is 0 Å². The number of hydrogen-bond donors (Lipinski definition) is 0. The summed E-state index contributed by atoms with van der Waals surface area (Å²) in [5.74, 6) is 0.826. The zero-order chi connectivity index (χ0) is 24.6. The Hall–Kier alpha value is -3.36. The Kier molecular flexibility index (Phi) is 8.39. The van der Waals surface area contributed by atoms with Gasteiger partial charge in [0.1, 0.15) is 6.54 Å². The van der Waals surface area contributed by atoms with Gasteiger partial charge in [-0.3, -0.25) is 9.59 Å². The molecule has 0 atom stereocenters. The van der Waals surface area contributed by atoms with E-state index in [1.807, 2.05) is 35.2 Å². The minimum atomic E-state index is -0.223. The molecule has 0 radical (unpaired) electrons. The summed E-state index contributed by atoms with van der Waals surface area (Å²) in [6.07, 6.45) is 0.628. The van der Waals surface area contributed by atoms with E-state index in [2.05, 4.69) is 19.1 Å². The van der Waals surface area contributed by atoms with Gasteiger partial charge < -0.3 is 24.0 Å². The van der Waals surface area contributed by atoms with Gasteiger partial charge in [-0.2, -0.15) is 0 Å². The summed E-state index contributed by atoms with van der Waals surface area (Å²) >= 11 is 1.68. The second-order valence-corrected chi connectivity index (χ2v) is 9.76. The van der Waals surface area contributed by atoms with Crippen LogP contribution in [0.1, 0.15) is 32.1 Å². The number of methoxy groups -OCH3 is 1. The number of nitrogens with zero attached hydrogens (tertiary/aromatic N) is 2. The number of ether oxygens (including phenoxy) is 3. The molecule has 0 N–H and O–H groups in total. The van der Waals surface area contributed by atoms with Crippen molar-refractivity contribution >= 4 is 23.2 Å². The molecule has 1 aliphatic heterocycles. The topological polar surface area (TPSA) is 68.3 Å². The molecule has 2 aromatic carbocycles. The second-order valence-electron chi connectivity index (χ2n) is 8.39. The molecule has 0 unspecified atom stereocenters. The second kappa shape index (κ2) is 11.9. The molecule has 0 saturated heterocycles. The van der Waals surface area contributed by atoms with Crippen LogP contribution in [-0.2, 0) is 22.6 Å². The van der Waals surface area contributed by atoms with E-state index < -0.39 is 0 Å². The third-order valence-electron chi connectivity index (χ3n) is 5.72. The zero-order valence-electron chi connectivity index (χ0n) is 20.1. The molecule has 1 aliphatic rings. The number of amides is 2. The third-order valence-corrected chi connectivity index (χ3v) is 6.71. The largest absolute Gasteiger partial charge is 0.454 e. The third kappa shape index (κ3) is 6.61. The highest BCUT2D eigenvalue weighted by atomic mass is 32.1. The maximum Gasteiger partial charge on any atom is 0.254 e. The predicted octanol–water partition coefficient (Wildman–Crippen LogP) is 4.49. The van der Waals surface area contributed by atoms with Crippen molar-refractivity contribution in [2.24, 2.45) is 0 Å². The molecule has 1 aromatic heterocycles. The number of benzene rings is 2. The van der Waals surface area contributed by atoms with Crippen LogP contribution in [0, 0.1) is 6.92 Å². The van der Waals surface area contributed by atoms with Crippen molar-refractivity contribution < 1.29 is 23.8 Å². The smallest absolute Gasteiger partial charge is 0.254 e. The molecule has 2 amide bonds. The lowest BCUT2D eigenvalue weighted by atomic mass is 10.1. The number of carbonyl (C=O) groups is 2. The molecular formula is C27H30N2O5S. The van der Waals surface area contributed by atoms with E-state index in [0.29, 0.717) is 49.7 Å². The number of rotatable bonds is 11. The number of carbonyl (C=O) groups excluding carboxylic acids is 2. The van der Waals surface area contributed by atoms with Gasteiger partial charge in [0.05, 0.1) is 6.54 Å². The lowest BCUT2D eigenvalue weighted by Gasteiger charge is -2.28.